The molecular weight excluding hydrogens is 216 g/mol. The molecule has 1 unspecified atom stereocenters. The van der Waals surface area contributed by atoms with Gasteiger partial charge in [-0.3, -0.25) is 4.90 Å². The first-order valence-electron chi connectivity index (χ1n) is 5.94. The molecule has 17 heavy (non-hydrogen) atoms. The van der Waals surface area contributed by atoms with Crippen molar-refractivity contribution in [3.05, 3.63) is 23.9 Å². The first-order valence-corrected chi connectivity index (χ1v) is 5.94. The van der Waals surface area contributed by atoms with E-state index in [-0.39, 0.29) is 0 Å². The van der Waals surface area contributed by atoms with E-state index in [9.17, 15) is 0 Å². The van der Waals surface area contributed by atoms with Gasteiger partial charge >= 0.3 is 0 Å². The smallest absolute Gasteiger partial charge is 0.139 e. The van der Waals surface area contributed by atoms with Crippen molar-refractivity contribution >= 4 is 5.82 Å². The van der Waals surface area contributed by atoms with Gasteiger partial charge in [-0.1, -0.05) is 6.07 Å². The minimum Gasteiger partial charge on any atom is -0.384 e. The number of aromatic nitrogens is 1. The maximum atomic E-state index is 5.28. The predicted octanol–water partition coefficient (Wildman–Crippen LogP) is 0.835. The molecule has 0 radical (unpaired) electrons. The van der Waals surface area contributed by atoms with Crippen molar-refractivity contribution in [3.8, 4) is 0 Å². The van der Waals surface area contributed by atoms with E-state index in [4.69, 9.17) is 10.6 Å². The number of hydrogen-bond donors (Lipinski definition) is 2. The Morgan fingerprint density at radius 3 is 3.12 bits per heavy atom. The van der Waals surface area contributed by atoms with Crippen LogP contribution in [0.25, 0.3) is 0 Å². The van der Waals surface area contributed by atoms with E-state index >= 15 is 0 Å². The number of hydrazine groups is 1. The third kappa shape index (κ3) is 3.39. The largest absolute Gasteiger partial charge is 0.384 e. The van der Waals surface area contributed by atoms with Gasteiger partial charge in [-0.25, -0.2) is 10.8 Å². The summed E-state index contributed by atoms with van der Waals surface area (Å²) < 4.78 is 5.19. The van der Waals surface area contributed by atoms with E-state index in [1.165, 1.54) is 12.0 Å². The number of nitrogens with two attached hydrogens (primary N) is 1. The summed E-state index contributed by atoms with van der Waals surface area (Å²) in [5.41, 5.74) is 3.75. The third-order valence-corrected chi connectivity index (χ3v) is 3.15. The van der Waals surface area contributed by atoms with Crippen molar-refractivity contribution in [3.63, 3.8) is 0 Å². The standard InChI is InChI=1S/C12H20N4O/c1-17-9-11-4-5-16(8-11)7-10-2-3-12(15-13)14-6-10/h2-3,6,11H,4-5,7-9,13H2,1H3,(H,14,15). The molecule has 0 bridgehead atoms. The molecule has 1 saturated heterocycles. The molecule has 5 heteroatoms. The molecule has 0 amide bonds. The summed E-state index contributed by atoms with van der Waals surface area (Å²) in [6, 6.07) is 3.96. The predicted molar refractivity (Wildman–Crippen MR) is 67.3 cm³/mol. The van der Waals surface area contributed by atoms with Crippen LogP contribution in [0.5, 0.6) is 0 Å². The van der Waals surface area contributed by atoms with Gasteiger partial charge in [0.2, 0.25) is 0 Å². The SMILES string of the molecule is COCC1CCN(Cc2ccc(NN)nc2)C1. The highest BCUT2D eigenvalue weighted by Gasteiger charge is 2.22. The summed E-state index contributed by atoms with van der Waals surface area (Å²) in [5.74, 6) is 6.66. The fourth-order valence-corrected chi connectivity index (χ4v) is 2.29. The highest BCUT2D eigenvalue weighted by atomic mass is 16.5. The summed E-state index contributed by atoms with van der Waals surface area (Å²) in [6.07, 6.45) is 3.10. The second kappa shape index (κ2) is 5.95. The molecule has 1 aliphatic rings. The van der Waals surface area contributed by atoms with Crippen molar-refractivity contribution in [2.24, 2.45) is 11.8 Å². The van der Waals surface area contributed by atoms with Crippen molar-refractivity contribution in [2.75, 3.05) is 32.2 Å². The lowest BCUT2D eigenvalue weighted by Gasteiger charge is -2.15. The average Bonchev–Trinajstić information content (AvgIpc) is 2.78. The quantitative estimate of drug-likeness (QED) is 0.586. The fourth-order valence-electron chi connectivity index (χ4n) is 2.29. The highest BCUT2D eigenvalue weighted by molar-refractivity contribution is 5.33. The zero-order valence-corrected chi connectivity index (χ0v) is 10.2. The average molecular weight is 236 g/mol. The molecule has 1 aromatic heterocycles. The molecule has 3 N–H and O–H groups in total. The van der Waals surface area contributed by atoms with Crippen molar-refractivity contribution in [1.29, 1.82) is 0 Å². The van der Waals surface area contributed by atoms with Gasteiger partial charge in [0.1, 0.15) is 5.82 Å². The van der Waals surface area contributed by atoms with Gasteiger partial charge in [-0.15, -0.1) is 0 Å². The first kappa shape index (κ1) is 12.3. The van der Waals surface area contributed by atoms with Crippen LogP contribution in [0.3, 0.4) is 0 Å². The Labute approximate surface area is 102 Å². The third-order valence-electron chi connectivity index (χ3n) is 3.15. The number of hydrogen-bond acceptors (Lipinski definition) is 5. The second-order valence-electron chi connectivity index (χ2n) is 4.54. The molecule has 1 atom stereocenters. The van der Waals surface area contributed by atoms with Crippen LogP contribution < -0.4 is 11.3 Å². The minimum atomic E-state index is 0.679. The summed E-state index contributed by atoms with van der Waals surface area (Å²) in [7, 11) is 1.77. The summed E-state index contributed by atoms with van der Waals surface area (Å²) in [4.78, 5) is 6.65. The van der Waals surface area contributed by atoms with E-state index in [0.29, 0.717) is 11.7 Å². The normalized spacial score (nSPS) is 20.7. The van der Waals surface area contributed by atoms with Crippen LogP contribution in [0.1, 0.15) is 12.0 Å². The number of nitrogens with one attached hydrogen (secondary N) is 1. The van der Waals surface area contributed by atoms with Crippen LogP contribution in [0.2, 0.25) is 0 Å². The summed E-state index contributed by atoms with van der Waals surface area (Å²) >= 11 is 0. The number of nitrogen functional groups attached to an aromatic ring is 1. The Morgan fingerprint density at radius 2 is 2.47 bits per heavy atom. The lowest BCUT2D eigenvalue weighted by Crippen LogP contribution is -2.21. The number of rotatable bonds is 5. The Bertz CT molecular complexity index is 341. The van der Waals surface area contributed by atoms with Gasteiger partial charge in [0.05, 0.1) is 6.61 Å². The van der Waals surface area contributed by atoms with Crippen LogP contribution in [0, 0.1) is 5.92 Å². The van der Waals surface area contributed by atoms with Gasteiger partial charge < -0.3 is 10.2 Å². The van der Waals surface area contributed by atoms with Crippen LogP contribution in [-0.2, 0) is 11.3 Å². The van der Waals surface area contributed by atoms with Crippen molar-refractivity contribution in [1.82, 2.24) is 9.88 Å². The topological polar surface area (TPSA) is 63.4 Å². The molecule has 5 nitrogen and oxygen atoms in total. The Hall–Kier alpha value is -1.17. The molecule has 2 heterocycles. The van der Waals surface area contributed by atoms with E-state index in [1.54, 1.807) is 7.11 Å². The van der Waals surface area contributed by atoms with Gasteiger partial charge in [0.15, 0.2) is 0 Å². The van der Waals surface area contributed by atoms with E-state index in [2.05, 4.69) is 21.4 Å². The Kier molecular flexibility index (Phi) is 4.30. The molecule has 1 fully saturated rings. The molecule has 94 valence electrons. The van der Waals surface area contributed by atoms with Crippen molar-refractivity contribution in [2.45, 2.75) is 13.0 Å². The second-order valence-corrected chi connectivity index (χ2v) is 4.54. The van der Waals surface area contributed by atoms with Crippen LogP contribution in [-0.4, -0.2) is 36.7 Å². The zero-order valence-electron chi connectivity index (χ0n) is 10.2. The first-order chi connectivity index (χ1) is 8.31. The minimum absolute atomic E-state index is 0.679. The number of ether oxygens (including phenoxy) is 1. The number of likely N-dealkylation sites (tertiary alicyclic amines) is 1. The van der Waals surface area contributed by atoms with E-state index < -0.39 is 0 Å². The maximum absolute atomic E-state index is 5.28. The molecule has 2 rings (SSSR count). The summed E-state index contributed by atoms with van der Waals surface area (Å²) in [6.45, 7) is 4.08. The molecule has 0 aliphatic carbocycles. The molecule has 1 aliphatic heterocycles. The van der Waals surface area contributed by atoms with Gasteiger partial charge in [-0.05, 0) is 30.5 Å². The number of anilines is 1. The molecular formula is C12H20N4O. The molecule has 0 aromatic carbocycles. The molecule has 0 saturated carbocycles. The fraction of sp³-hybridized carbons (Fsp3) is 0.583. The van der Waals surface area contributed by atoms with Crippen LogP contribution in [0.4, 0.5) is 5.82 Å². The van der Waals surface area contributed by atoms with Crippen molar-refractivity contribution < 1.29 is 4.74 Å². The zero-order chi connectivity index (χ0) is 12.1. The van der Waals surface area contributed by atoms with Gasteiger partial charge in [0, 0.05) is 26.4 Å². The number of pyridine rings is 1. The molecule has 0 spiro atoms. The van der Waals surface area contributed by atoms with Crippen LogP contribution >= 0.6 is 0 Å². The number of methoxy groups -OCH3 is 1. The molecule has 1 aromatic rings. The Balaban J connectivity index is 1.84. The Morgan fingerprint density at radius 1 is 1.59 bits per heavy atom. The maximum Gasteiger partial charge on any atom is 0.139 e. The highest BCUT2D eigenvalue weighted by Crippen LogP contribution is 2.18. The van der Waals surface area contributed by atoms with Gasteiger partial charge in [-0.2, -0.15) is 0 Å². The lowest BCUT2D eigenvalue weighted by molar-refractivity contribution is 0.152. The van der Waals surface area contributed by atoms with Crippen LogP contribution in [0.15, 0.2) is 18.3 Å². The van der Waals surface area contributed by atoms with E-state index in [1.807, 2.05) is 12.3 Å². The lowest BCUT2D eigenvalue weighted by atomic mass is 10.1. The monoisotopic (exact) mass is 236 g/mol. The van der Waals surface area contributed by atoms with E-state index in [0.717, 1.165) is 26.2 Å². The van der Waals surface area contributed by atoms with Gasteiger partial charge in [0.25, 0.3) is 0 Å². The summed E-state index contributed by atoms with van der Waals surface area (Å²) in [5, 5.41) is 0. The number of nitrogens with zero attached hydrogens (tertiary/aromatic N) is 2.